The molecule has 19 heavy (non-hydrogen) atoms. The number of benzene rings is 1. The molecule has 0 unspecified atom stereocenters. The lowest BCUT2D eigenvalue weighted by Gasteiger charge is -2.03. The number of fused-ring (bicyclic) bond motifs is 1. The van der Waals surface area contributed by atoms with Gasteiger partial charge in [-0.15, -0.1) is 0 Å². The van der Waals surface area contributed by atoms with Gasteiger partial charge in [-0.2, -0.15) is 0 Å². The summed E-state index contributed by atoms with van der Waals surface area (Å²) in [6, 6.07) is 4.50. The Morgan fingerprint density at radius 3 is 2.42 bits per heavy atom. The van der Waals surface area contributed by atoms with Crippen molar-refractivity contribution in [2.75, 3.05) is 0 Å². The maximum Gasteiger partial charge on any atom is 0.169 e. The molecule has 1 aromatic heterocycles. The van der Waals surface area contributed by atoms with Crippen molar-refractivity contribution in [2.24, 2.45) is 16.7 Å². The van der Waals surface area contributed by atoms with Gasteiger partial charge in [-0.1, -0.05) is 27.7 Å². The van der Waals surface area contributed by atoms with E-state index in [9.17, 15) is 9.18 Å². The van der Waals surface area contributed by atoms with E-state index in [1.165, 1.54) is 12.1 Å². The molecule has 1 saturated carbocycles. The number of carbonyl (C=O) groups is 1. The van der Waals surface area contributed by atoms with E-state index in [0.29, 0.717) is 10.9 Å². The van der Waals surface area contributed by atoms with Gasteiger partial charge in [-0.3, -0.25) is 4.79 Å². The number of halogens is 1. The monoisotopic (exact) mass is 259 g/mol. The van der Waals surface area contributed by atoms with Gasteiger partial charge in [-0.05, 0) is 29.0 Å². The van der Waals surface area contributed by atoms with Crippen molar-refractivity contribution in [2.45, 2.75) is 27.7 Å². The van der Waals surface area contributed by atoms with Crippen molar-refractivity contribution in [1.29, 1.82) is 0 Å². The molecule has 0 radical (unpaired) electrons. The molecule has 0 atom stereocenters. The van der Waals surface area contributed by atoms with Crippen LogP contribution in [0.1, 0.15) is 38.1 Å². The van der Waals surface area contributed by atoms with Gasteiger partial charge in [0, 0.05) is 28.6 Å². The van der Waals surface area contributed by atoms with Crippen LogP contribution in [-0.2, 0) is 0 Å². The van der Waals surface area contributed by atoms with Crippen LogP contribution in [0.5, 0.6) is 0 Å². The number of aromatic nitrogens is 1. The van der Waals surface area contributed by atoms with Crippen molar-refractivity contribution in [3.63, 3.8) is 0 Å². The minimum atomic E-state index is -0.310. The fraction of sp³-hybridized carbons (Fsp3) is 0.438. The zero-order valence-corrected chi connectivity index (χ0v) is 11.7. The lowest BCUT2D eigenvalue weighted by molar-refractivity contribution is 0.0947. The van der Waals surface area contributed by atoms with E-state index in [4.69, 9.17) is 0 Å². The van der Waals surface area contributed by atoms with Crippen LogP contribution in [0, 0.1) is 22.6 Å². The molecule has 0 spiro atoms. The average molecular weight is 259 g/mol. The molecule has 1 heterocycles. The van der Waals surface area contributed by atoms with E-state index in [0.717, 1.165) is 5.52 Å². The molecule has 3 rings (SSSR count). The summed E-state index contributed by atoms with van der Waals surface area (Å²) in [4.78, 5) is 15.7. The van der Waals surface area contributed by atoms with E-state index < -0.39 is 0 Å². The van der Waals surface area contributed by atoms with E-state index in [-0.39, 0.29) is 28.3 Å². The minimum absolute atomic E-state index is 0.000994. The number of hydrogen-bond acceptors (Lipinski definition) is 1. The maximum absolute atomic E-state index is 13.4. The molecule has 2 nitrogen and oxygen atoms in total. The van der Waals surface area contributed by atoms with Crippen LogP contribution < -0.4 is 0 Å². The Labute approximate surface area is 112 Å². The number of ketones is 1. The number of rotatable bonds is 2. The first-order valence-electron chi connectivity index (χ1n) is 6.57. The molecule has 0 bridgehead atoms. The largest absolute Gasteiger partial charge is 0.360 e. The first-order chi connectivity index (χ1) is 8.76. The van der Waals surface area contributed by atoms with Crippen LogP contribution in [0.4, 0.5) is 4.39 Å². The lowest BCUT2D eigenvalue weighted by atomic mass is 10.0. The summed E-state index contributed by atoms with van der Waals surface area (Å²) in [5, 5.41) is 0.684. The zero-order chi connectivity index (χ0) is 14.0. The summed E-state index contributed by atoms with van der Waals surface area (Å²) in [5.41, 5.74) is 1.42. The van der Waals surface area contributed by atoms with Gasteiger partial charge < -0.3 is 4.98 Å². The van der Waals surface area contributed by atoms with E-state index >= 15 is 0 Å². The van der Waals surface area contributed by atoms with E-state index in [2.05, 4.69) is 32.7 Å². The molecule has 0 aliphatic heterocycles. The third-order valence-electron chi connectivity index (χ3n) is 5.19. The minimum Gasteiger partial charge on any atom is -0.360 e. The second kappa shape index (κ2) is 3.47. The third kappa shape index (κ3) is 1.50. The summed E-state index contributed by atoms with van der Waals surface area (Å²) < 4.78 is 13.4. The Balaban J connectivity index is 2.07. The predicted octanol–water partition coefficient (Wildman–Crippen LogP) is 4.17. The van der Waals surface area contributed by atoms with E-state index in [1.54, 1.807) is 12.3 Å². The summed E-state index contributed by atoms with van der Waals surface area (Å²) in [7, 11) is 0. The van der Waals surface area contributed by atoms with Gasteiger partial charge in [0.25, 0.3) is 0 Å². The van der Waals surface area contributed by atoms with Crippen molar-refractivity contribution in [1.82, 2.24) is 4.98 Å². The fourth-order valence-electron chi connectivity index (χ4n) is 3.30. The second-order valence-corrected chi connectivity index (χ2v) is 6.63. The predicted molar refractivity (Wildman–Crippen MR) is 73.6 cm³/mol. The first kappa shape index (κ1) is 12.4. The number of hydrogen-bond donors (Lipinski definition) is 1. The van der Waals surface area contributed by atoms with Crippen LogP contribution in [0.2, 0.25) is 0 Å². The molecular weight excluding hydrogens is 241 g/mol. The maximum atomic E-state index is 13.4. The van der Waals surface area contributed by atoms with E-state index in [1.807, 2.05) is 0 Å². The zero-order valence-electron chi connectivity index (χ0n) is 11.7. The number of aromatic amines is 1. The number of H-pyrrole nitrogens is 1. The summed E-state index contributed by atoms with van der Waals surface area (Å²) in [6.07, 6.45) is 1.71. The van der Waals surface area contributed by atoms with Crippen molar-refractivity contribution in [3.8, 4) is 0 Å². The third-order valence-corrected chi connectivity index (χ3v) is 5.19. The fourth-order valence-corrected chi connectivity index (χ4v) is 3.30. The van der Waals surface area contributed by atoms with Gasteiger partial charge in [0.15, 0.2) is 5.78 Å². The molecule has 1 aliphatic rings. The molecular formula is C16H18FNO. The Morgan fingerprint density at radius 1 is 1.21 bits per heavy atom. The Hall–Kier alpha value is -1.64. The van der Waals surface area contributed by atoms with Gasteiger partial charge in [0.2, 0.25) is 0 Å². The first-order valence-corrected chi connectivity index (χ1v) is 6.57. The molecule has 1 aromatic carbocycles. The Kier molecular flexibility index (Phi) is 2.26. The summed E-state index contributed by atoms with van der Waals surface area (Å²) in [6.45, 7) is 8.46. The highest BCUT2D eigenvalue weighted by Crippen LogP contribution is 2.69. The van der Waals surface area contributed by atoms with Crippen LogP contribution in [0.25, 0.3) is 10.9 Å². The number of nitrogens with one attached hydrogen (secondary N) is 1. The highest BCUT2D eigenvalue weighted by molar-refractivity contribution is 6.10. The van der Waals surface area contributed by atoms with Gasteiger partial charge >= 0.3 is 0 Å². The van der Waals surface area contributed by atoms with Gasteiger partial charge in [0.05, 0.1) is 0 Å². The highest BCUT2D eigenvalue weighted by atomic mass is 19.1. The van der Waals surface area contributed by atoms with Crippen LogP contribution in [0.3, 0.4) is 0 Å². The lowest BCUT2D eigenvalue weighted by Crippen LogP contribution is -2.06. The molecule has 2 aromatic rings. The molecule has 1 N–H and O–H groups in total. The molecule has 0 amide bonds. The van der Waals surface area contributed by atoms with Crippen molar-refractivity contribution >= 4 is 16.7 Å². The van der Waals surface area contributed by atoms with Gasteiger partial charge in [-0.25, -0.2) is 4.39 Å². The second-order valence-electron chi connectivity index (χ2n) is 6.63. The molecule has 3 heteroatoms. The summed E-state index contributed by atoms with van der Waals surface area (Å²) >= 11 is 0. The van der Waals surface area contributed by atoms with Crippen LogP contribution in [0.15, 0.2) is 24.4 Å². The van der Waals surface area contributed by atoms with Crippen molar-refractivity contribution in [3.05, 3.63) is 35.8 Å². The molecule has 1 fully saturated rings. The number of carbonyl (C=O) groups excluding carboxylic acids is 1. The van der Waals surface area contributed by atoms with Gasteiger partial charge in [0.1, 0.15) is 5.82 Å². The molecule has 1 aliphatic carbocycles. The number of Topliss-reactive ketones (excluding diaryl/α,β-unsaturated/α-hetero) is 1. The quantitative estimate of drug-likeness (QED) is 0.807. The normalized spacial score (nSPS) is 20.7. The smallest absolute Gasteiger partial charge is 0.169 e. The Bertz CT molecular complexity index is 667. The topological polar surface area (TPSA) is 32.9 Å². The average Bonchev–Trinajstić information content (AvgIpc) is 2.63. The standard InChI is InChI=1S/C16H18FNO/c1-15(2)14(16(15,3)4)13(19)11-8-18-12-6-5-9(17)7-10(11)12/h5-8,14,18H,1-4H3. The molecule has 100 valence electrons. The SMILES string of the molecule is CC1(C)C(C(=O)c2c[nH]c3ccc(F)cc23)C1(C)C. The van der Waals surface area contributed by atoms with Crippen LogP contribution >= 0.6 is 0 Å². The summed E-state index contributed by atoms with van der Waals surface area (Å²) in [5.74, 6) is -0.190. The van der Waals surface area contributed by atoms with Crippen molar-refractivity contribution < 1.29 is 9.18 Å². The van der Waals surface area contributed by atoms with Crippen LogP contribution in [-0.4, -0.2) is 10.8 Å². The Morgan fingerprint density at radius 2 is 1.84 bits per heavy atom. The highest BCUT2D eigenvalue weighted by Gasteiger charge is 2.68. The molecule has 0 saturated heterocycles.